The van der Waals surface area contributed by atoms with E-state index in [4.69, 9.17) is 15.6 Å². The molecule has 0 rings (SSSR count). The van der Waals surface area contributed by atoms with Crippen LogP contribution in [0.4, 0.5) is 0 Å². The Balaban J connectivity index is 3.28. The Morgan fingerprint density at radius 1 is 1.70 bits per heavy atom. The number of nitrogens with zero attached hydrogens (tertiary/aromatic N) is 1. The first-order valence-electron chi connectivity index (χ1n) is 3.20. The summed E-state index contributed by atoms with van der Waals surface area (Å²) in [4.78, 5) is 3.91. The van der Waals surface area contributed by atoms with Gasteiger partial charge in [0.25, 0.3) is 0 Å². The van der Waals surface area contributed by atoms with Gasteiger partial charge in [-0.15, -0.1) is 0 Å². The monoisotopic (exact) mass is 146 g/mol. The maximum absolute atomic E-state index is 8.40. The van der Waals surface area contributed by atoms with Gasteiger partial charge in [-0.05, 0) is 0 Å². The third-order valence-corrected chi connectivity index (χ3v) is 0.978. The van der Waals surface area contributed by atoms with Crippen molar-refractivity contribution in [1.82, 2.24) is 0 Å². The zero-order valence-electron chi connectivity index (χ0n) is 6.21. The number of aliphatic hydroxyl groups excluding tert-OH is 1. The second kappa shape index (κ2) is 6.51. The molecule has 0 saturated carbocycles. The maximum atomic E-state index is 8.40. The van der Waals surface area contributed by atoms with Crippen LogP contribution in [0.1, 0.15) is 6.42 Å². The Hall–Kier alpha value is -0.610. The molecule has 0 fully saturated rings. The van der Waals surface area contributed by atoms with Crippen molar-refractivity contribution in [2.45, 2.75) is 6.42 Å². The molecule has 0 aliphatic carbocycles. The molecule has 0 amide bonds. The molecule has 0 bridgehead atoms. The van der Waals surface area contributed by atoms with Gasteiger partial charge in [0.2, 0.25) is 0 Å². The predicted octanol–water partition coefficient (Wildman–Crippen LogP) is -0.628. The Morgan fingerprint density at radius 2 is 2.40 bits per heavy atom. The van der Waals surface area contributed by atoms with Crippen molar-refractivity contribution in [3.63, 3.8) is 0 Å². The third-order valence-electron chi connectivity index (χ3n) is 0.978. The molecule has 0 aromatic rings. The largest absolute Gasteiger partial charge is 0.396 e. The summed E-state index contributed by atoms with van der Waals surface area (Å²) in [6.07, 6.45) is 0.448. The lowest BCUT2D eigenvalue weighted by molar-refractivity contribution is 0.208. The van der Waals surface area contributed by atoms with Crippen LogP contribution in [0.3, 0.4) is 0 Å². The summed E-state index contributed by atoms with van der Waals surface area (Å²) in [6.45, 7) is 1.21. The van der Waals surface area contributed by atoms with Crippen LogP contribution in [-0.2, 0) is 4.74 Å². The zero-order valence-corrected chi connectivity index (χ0v) is 6.21. The topological polar surface area (TPSA) is 67.8 Å². The van der Waals surface area contributed by atoms with Gasteiger partial charge in [-0.3, -0.25) is 4.99 Å². The smallest absolute Gasteiger partial charge is 0.0961 e. The highest BCUT2D eigenvalue weighted by molar-refractivity contribution is 5.80. The molecule has 0 heterocycles. The fourth-order valence-corrected chi connectivity index (χ4v) is 0.474. The summed E-state index contributed by atoms with van der Waals surface area (Å²) in [5, 5.41) is 8.40. The molecule has 10 heavy (non-hydrogen) atoms. The SMILES string of the molecule is COCCN=C(N)CCO. The van der Waals surface area contributed by atoms with Gasteiger partial charge in [-0.25, -0.2) is 0 Å². The van der Waals surface area contributed by atoms with Gasteiger partial charge < -0.3 is 15.6 Å². The van der Waals surface area contributed by atoms with Crippen molar-refractivity contribution in [3.8, 4) is 0 Å². The molecule has 0 aromatic heterocycles. The number of rotatable bonds is 5. The van der Waals surface area contributed by atoms with E-state index >= 15 is 0 Å². The average molecular weight is 146 g/mol. The van der Waals surface area contributed by atoms with Gasteiger partial charge >= 0.3 is 0 Å². The van der Waals surface area contributed by atoms with E-state index in [1.54, 1.807) is 7.11 Å². The first-order chi connectivity index (χ1) is 4.81. The molecule has 0 spiro atoms. The molecule has 0 aliphatic heterocycles. The molecule has 3 N–H and O–H groups in total. The van der Waals surface area contributed by atoms with Gasteiger partial charge in [-0.1, -0.05) is 0 Å². The summed E-state index contributed by atoms with van der Waals surface area (Å²) < 4.78 is 4.75. The fourth-order valence-electron chi connectivity index (χ4n) is 0.474. The number of aliphatic hydroxyl groups is 1. The number of methoxy groups -OCH3 is 1. The van der Waals surface area contributed by atoms with Crippen LogP contribution in [0.15, 0.2) is 4.99 Å². The van der Waals surface area contributed by atoms with Crippen LogP contribution in [0, 0.1) is 0 Å². The van der Waals surface area contributed by atoms with Crippen LogP contribution in [0.2, 0.25) is 0 Å². The molecule has 4 nitrogen and oxygen atoms in total. The Kier molecular flexibility index (Phi) is 6.11. The van der Waals surface area contributed by atoms with Gasteiger partial charge in [0.15, 0.2) is 0 Å². The van der Waals surface area contributed by atoms with Gasteiger partial charge in [0.05, 0.1) is 25.6 Å². The minimum absolute atomic E-state index is 0.0579. The number of hydrogen-bond donors (Lipinski definition) is 2. The predicted molar refractivity (Wildman–Crippen MR) is 40.1 cm³/mol. The van der Waals surface area contributed by atoms with Crippen molar-refractivity contribution in [1.29, 1.82) is 0 Å². The molecule has 0 unspecified atom stereocenters. The lowest BCUT2D eigenvalue weighted by atomic mass is 10.4. The summed E-state index contributed by atoms with van der Waals surface area (Å²) in [7, 11) is 1.61. The lowest BCUT2D eigenvalue weighted by Crippen LogP contribution is -2.14. The van der Waals surface area contributed by atoms with Crippen molar-refractivity contribution in [2.24, 2.45) is 10.7 Å². The van der Waals surface area contributed by atoms with E-state index in [1.165, 1.54) is 0 Å². The van der Waals surface area contributed by atoms with E-state index in [0.29, 0.717) is 25.4 Å². The van der Waals surface area contributed by atoms with Crippen molar-refractivity contribution >= 4 is 5.84 Å². The van der Waals surface area contributed by atoms with Crippen LogP contribution in [0.5, 0.6) is 0 Å². The Bertz CT molecular complexity index is 104. The molecule has 0 aromatic carbocycles. The highest BCUT2D eigenvalue weighted by Crippen LogP contribution is 1.79. The number of amidine groups is 1. The summed E-state index contributed by atoms with van der Waals surface area (Å²) in [5.74, 6) is 0.486. The van der Waals surface area contributed by atoms with Gasteiger partial charge in [0, 0.05) is 13.5 Å². The highest BCUT2D eigenvalue weighted by atomic mass is 16.5. The number of nitrogens with two attached hydrogens (primary N) is 1. The van der Waals surface area contributed by atoms with E-state index in [1.807, 2.05) is 0 Å². The van der Waals surface area contributed by atoms with Crippen molar-refractivity contribution in [2.75, 3.05) is 26.9 Å². The van der Waals surface area contributed by atoms with E-state index in [2.05, 4.69) is 4.99 Å². The van der Waals surface area contributed by atoms with Crippen molar-refractivity contribution in [3.05, 3.63) is 0 Å². The molecule has 0 radical (unpaired) electrons. The molecular formula is C6H14N2O2. The van der Waals surface area contributed by atoms with Crippen LogP contribution < -0.4 is 5.73 Å². The van der Waals surface area contributed by atoms with Gasteiger partial charge in [-0.2, -0.15) is 0 Å². The fraction of sp³-hybridized carbons (Fsp3) is 0.833. The van der Waals surface area contributed by atoms with E-state index in [-0.39, 0.29) is 6.61 Å². The molecular weight excluding hydrogens is 132 g/mol. The molecule has 60 valence electrons. The molecule has 0 saturated heterocycles. The summed E-state index contributed by atoms with van der Waals surface area (Å²) in [6, 6.07) is 0. The second-order valence-electron chi connectivity index (χ2n) is 1.84. The minimum atomic E-state index is 0.0579. The highest BCUT2D eigenvalue weighted by Gasteiger charge is 1.88. The normalized spacial score (nSPS) is 12.0. The Labute approximate surface area is 60.7 Å². The van der Waals surface area contributed by atoms with E-state index in [9.17, 15) is 0 Å². The third kappa shape index (κ3) is 5.53. The van der Waals surface area contributed by atoms with Gasteiger partial charge in [0.1, 0.15) is 0 Å². The zero-order chi connectivity index (χ0) is 7.82. The molecule has 0 aliphatic rings. The second-order valence-corrected chi connectivity index (χ2v) is 1.84. The van der Waals surface area contributed by atoms with E-state index in [0.717, 1.165) is 0 Å². The minimum Gasteiger partial charge on any atom is -0.396 e. The summed E-state index contributed by atoms with van der Waals surface area (Å²) >= 11 is 0. The average Bonchev–Trinajstić information content (AvgIpc) is 1.89. The summed E-state index contributed by atoms with van der Waals surface area (Å²) in [5.41, 5.74) is 5.36. The standard InChI is InChI=1S/C6H14N2O2/c1-10-5-3-8-6(7)2-4-9/h9H,2-5H2,1H3,(H2,7,8). The Morgan fingerprint density at radius 3 is 2.90 bits per heavy atom. The number of hydrogen-bond acceptors (Lipinski definition) is 3. The van der Waals surface area contributed by atoms with Crippen LogP contribution in [-0.4, -0.2) is 37.8 Å². The molecule has 0 atom stereocenters. The lowest BCUT2D eigenvalue weighted by Gasteiger charge is -1.96. The van der Waals surface area contributed by atoms with Crippen LogP contribution >= 0.6 is 0 Å². The maximum Gasteiger partial charge on any atom is 0.0961 e. The first-order valence-corrected chi connectivity index (χ1v) is 3.20. The quantitative estimate of drug-likeness (QED) is 0.308. The van der Waals surface area contributed by atoms with Crippen molar-refractivity contribution < 1.29 is 9.84 Å². The molecule has 4 heteroatoms. The van der Waals surface area contributed by atoms with Crippen LogP contribution in [0.25, 0.3) is 0 Å². The first kappa shape index (κ1) is 9.39. The number of ether oxygens (including phenoxy) is 1. The van der Waals surface area contributed by atoms with E-state index < -0.39 is 0 Å². The number of aliphatic imine (C=N–C) groups is 1.